The summed E-state index contributed by atoms with van der Waals surface area (Å²) >= 11 is 0. The van der Waals surface area contributed by atoms with Gasteiger partial charge in [-0.05, 0) is 31.1 Å². The first-order valence-electron chi connectivity index (χ1n) is 6.12. The van der Waals surface area contributed by atoms with Crippen LogP contribution in [0.4, 0.5) is 0 Å². The molecule has 0 heterocycles. The van der Waals surface area contributed by atoms with Gasteiger partial charge in [-0.1, -0.05) is 38.5 Å². The summed E-state index contributed by atoms with van der Waals surface area (Å²) in [6.07, 6.45) is 12.9. The highest BCUT2D eigenvalue weighted by atomic mass is 14.7. The molecule has 1 nitrogen and oxygen atoms in total. The molecule has 1 heteroatoms. The van der Waals surface area contributed by atoms with Crippen molar-refractivity contribution < 1.29 is 0 Å². The maximum absolute atomic E-state index is 6.16. The highest BCUT2D eigenvalue weighted by molar-refractivity contribution is 4.81. The molecule has 13 heavy (non-hydrogen) atoms. The van der Waals surface area contributed by atoms with Gasteiger partial charge in [0.15, 0.2) is 0 Å². The van der Waals surface area contributed by atoms with E-state index in [0.717, 1.165) is 11.8 Å². The second-order valence-electron chi connectivity index (χ2n) is 5.09. The van der Waals surface area contributed by atoms with Crippen LogP contribution in [0.3, 0.4) is 0 Å². The normalized spacial score (nSPS) is 36.7. The van der Waals surface area contributed by atoms with Gasteiger partial charge in [0.05, 0.1) is 0 Å². The van der Waals surface area contributed by atoms with E-state index in [4.69, 9.17) is 5.73 Å². The number of hydrogen-bond donors (Lipinski definition) is 1. The van der Waals surface area contributed by atoms with Crippen molar-refractivity contribution in [1.29, 1.82) is 0 Å². The molecule has 2 aliphatic rings. The molecule has 2 saturated carbocycles. The largest absolute Gasteiger partial charge is 0.327 e. The van der Waals surface area contributed by atoms with E-state index in [1.165, 1.54) is 57.8 Å². The van der Waals surface area contributed by atoms with Crippen LogP contribution in [0.25, 0.3) is 0 Å². The molecule has 0 unspecified atom stereocenters. The molecule has 0 aromatic heterocycles. The van der Waals surface area contributed by atoms with Crippen LogP contribution in [-0.4, -0.2) is 6.04 Å². The van der Waals surface area contributed by atoms with Crippen molar-refractivity contribution in [2.45, 2.75) is 63.8 Å². The minimum absolute atomic E-state index is 0.536. The van der Waals surface area contributed by atoms with E-state index in [1.807, 2.05) is 0 Å². The molecule has 0 aromatic rings. The van der Waals surface area contributed by atoms with E-state index < -0.39 is 0 Å². The summed E-state index contributed by atoms with van der Waals surface area (Å²) in [7, 11) is 0. The van der Waals surface area contributed by atoms with Crippen LogP contribution >= 0.6 is 0 Å². The summed E-state index contributed by atoms with van der Waals surface area (Å²) in [5.74, 6) is 1.91. The standard InChI is InChI=1S/C12H23N/c13-12-8-4-3-7-11(12)9-10-5-1-2-6-10/h10-12H,1-9,13H2/t11-,12+/m1/s1. The molecule has 0 spiro atoms. The quantitative estimate of drug-likeness (QED) is 0.696. The fraction of sp³-hybridized carbons (Fsp3) is 1.00. The van der Waals surface area contributed by atoms with Gasteiger partial charge in [0, 0.05) is 6.04 Å². The number of nitrogens with two attached hydrogens (primary N) is 1. The predicted molar refractivity (Wildman–Crippen MR) is 56.5 cm³/mol. The Morgan fingerprint density at radius 1 is 0.846 bits per heavy atom. The van der Waals surface area contributed by atoms with Gasteiger partial charge in [-0.25, -0.2) is 0 Å². The Morgan fingerprint density at radius 3 is 2.15 bits per heavy atom. The van der Waals surface area contributed by atoms with Gasteiger partial charge in [-0.2, -0.15) is 0 Å². The average molecular weight is 181 g/mol. The van der Waals surface area contributed by atoms with Crippen LogP contribution in [-0.2, 0) is 0 Å². The molecule has 0 aromatic carbocycles. The zero-order valence-electron chi connectivity index (χ0n) is 8.67. The zero-order valence-corrected chi connectivity index (χ0v) is 8.67. The van der Waals surface area contributed by atoms with Gasteiger partial charge in [0.25, 0.3) is 0 Å². The molecular weight excluding hydrogens is 158 g/mol. The summed E-state index contributed by atoms with van der Waals surface area (Å²) in [5, 5.41) is 0. The SMILES string of the molecule is N[C@H]1CCCC[C@@H]1CC1CCCC1. The lowest BCUT2D eigenvalue weighted by Gasteiger charge is -2.30. The molecule has 2 N–H and O–H groups in total. The molecule has 0 amide bonds. The lowest BCUT2D eigenvalue weighted by atomic mass is 9.79. The van der Waals surface area contributed by atoms with Crippen LogP contribution in [0.2, 0.25) is 0 Å². The Bertz CT molecular complexity index is 149. The van der Waals surface area contributed by atoms with E-state index in [0.29, 0.717) is 6.04 Å². The molecule has 0 saturated heterocycles. The summed E-state index contributed by atoms with van der Waals surface area (Å²) in [5.41, 5.74) is 6.16. The average Bonchev–Trinajstić information content (AvgIpc) is 2.61. The minimum Gasteiger partial charge on any atom is -0.327 e. The van der Waals surface area contributed by atoms with Gasteiger partial charge in [-0.3, -0.25) is 0 Å². The van der Waals surface area contributed by atoms with Crippen molar-refractivity contribution in [3.8, 4) is 0 Å². The molecule has 0 bridgehead atoms. The first kappa shape index (κ1) is 9.51. The summed E-state index contributed by atoms with van der Waals surface area (Å²) < 4.78 is 0. The lowest BCUT2D eigenvalue weighted by Crippen LogP contribution is -2.34. The molecule has 2 aliphatic carbocycles. The summed E-state index contributed by atoms with van der Waals surface area (Å²) in [4.78, 5) is 0. The van der Waals surface area contributed by atoms with Crippen molar-refractivity contribution in [2.75, 3.05) is 0 Å². The van der Waals surface area contributed by atoms with E-state index in [-0.39, 0.29) is 0 Å². The zero-order chi connectivity index (χ0) is 9.10. The van der Waals surface area contributed by atoms with Gasteiger partial charge in [-0.15, -0.1) is 0 Å². The first-order valence-corrected chi connectivity index (χ1v) is 6.12. The minimum atomic E-state index is 0.536. The first-order chi connectivity index (χ1) is 6.36. The highest BCUT2D eigenvalue weighted by Gasteiger charge is 2.26. The molecule has 76 valence electrons. The number of hydrogen-bond acceptors (Lipinski definition) is 1. The molecular formula is C12H23N. The molecule has 0 aliphatic heterocycles. The third kappa shape index (κ3) is 2.46. The topological polar surface area (TPSA) is 26.0 Å². The fourth-order valence-electron chi connectivity index (χ4n) is 3.20. The monoisotopic (exact) mass is 181 g/mol. The van der Waals surface area contributed by atoms with Gasteiger partial charge in [0.2, 0.25) is 0 Å². The molecule has 2 fully saturated rings. The Kier molecular flexibility index (Phi) is 3.26. The Balaban J connectivity index is 1.78. The van der Waals surface area contributed by atoms with Crippen molar-refractivity contribution >= 4 is 0 Å². The van der Waals surface area contributed by atoms with E-state index in [2.05, 4.69) is 0 Å². The maximum atomic E-state index is 6.16. The van der Waals surface area contributed by atoms with Crippen molar-refractivity contribution in [3.05, 3.63) is 0 Å². The smallest absolute Gasteiger partial charge is 0.00672 e. The van der Waals surface area contributed by atoms with Gasteiger partial charge in [0.1, 0.15) is 0 Å². The van der Waals surface area contributed by atoms with Crippen LogP contribution in [0, 0.1) is 11.8 Å². The van der Waals surface area contributed by atoms with Crippen LogP contribution in [0.5, 0.6) is 0 Å². The van der Waals surface area contributed by atoms with Crippen molar-refractivity contribution in [2.24, 2.45) is 17.6 Å². The molecule has 2 rings (SSSR count). The van der Waals surface area contributed by atoms with Gasteiger partial charge < -0.3 is 5.73 Å². The number of rotatable bonds is 2. The maximum Gasteiger partial charge on any atom is 0.00672 e. The Labute approximate surface area is 82.1 Å². The predicted octanol–water partition coefficient (Wildman–Crippen LogP) is 3.08. The van der Waals surface area contributed by atoms with Gasteiger partial charge >= 0.3 is 0 Å². The summed E-state index contributed by atoms with van der Waals surface area (Å²) in [6, 6.07) is 0.536. The van der Waals surface area contributed by atoms with E-state index >= 15 is 0 Å². The fourth-order valence-corrected chi connectivity index (χ4v) is 3.20. The summed E-state index contributed by atoms with van der Waals surface area (Å²) in [6.45, 7) is 0. The third-order valence-electron chi connectivity index (χ3n) is 4.08. The highest BCUT2D eigenvalue weighted by Crippen LogP contribution is 2.35. The third-order valence-corrected chi connectivity index (χ3v) is 4.08. The van der Waals surface area contributed by atoms with Crippen LogP contribution in [0.1, 0.15) is 57.8 Å². The van der Waals surface area contributed by atoms with Crippen LogP contribution in [0.15, 0.2) is 0 Å². The second-order valence-corrected chi connectivity index (χ2v) is 5.09. The second kappa shape index (κ2) is 4.45. The lowest BCUT2D eigenvalue weighted by molar-refractivity contribution is 0.253. The van der Waals surface area contributed by atoms with E-state index in [9.17, 15) is 0 Å². The van der Waals surface area contributed by atoms with E-state index in [1.54, 1.807) is 0 Å². The Morgan fingerprint density at radius 2 is 1.46 bits per heavy atom. The Hall–Kier alpha value is -0.0400. The molecule has 0 radical (unpaired) electrons. The van der Waals surface area contributed by atoms with Crippen molar-refractivity contribution in [3.63, 3.8) is 0 Å². The van der Waals surface area contributed by atoms with Crippen LogP contribution < -0.4 is 5.73 Å². The molecule has 2 atom stereocenters. The van der Waals surface area contributed by atoms with Crippen molar-refractivity contribution in [1.82, 2.24) is 0 Å².